The third-order valence-electron chi connectivity index (χ3n) is 3.36. The van der Waals surface area contributed by atoms with Gasteiger partial charge in [0.05, 0.1) is 12.6 Å². The maximum atomic E-state index is 12.1. The first-order valence-corrected chi connectivity index (χ1v) is 8.09. The number of hydrogen-bond donors (Lipinski definition) is 3. The monoisotopic (exact) mass is 376 g/mol. The summed E-state index contributed by atoms with van der Waals surface area (Å²) in [4.78, 5) is 36.3. The average molecular weight is 376 g/mol. The number of fused-ring (bicyclic) bond motifs is 2. The van der Waals surface area contributed by atoms with Crippen LogP contribution in [0.25, 0.3) is 0 Å². The summed E-state index contributed by atoms with van der Waals surface area (Å²) < 4.78 is 39.0. The van der Waals surface area contributed by atoms with Crippen molar-refractivity contribution in [1.29, 1.82) is 0 Å². The molecule has 0 unspecified atom stereocenters. The van der Waals surface area contributed by atoms with Crippen LogP contribution in [-0.4, -0.2) is 95.8 Å². The van der Waals surface area contributed by atoms with Gasteiger partial charge in [0.25, 0.3) is 5.91 Å². The van der Waals surface area contributed by atoms with Crippen LogP contribution in [0.5, 0.6) is 0 Å². The van der Waals surface area contributed by atoms with E-state index < -0.39 is 40.5 Å². The molecule has 132 valence electrons. The van der Waals surface area contributed by atoms with Gasteiger partial charge in [0.2, 0.25) is 0 Å². The second-order valence-electron chi connectivity index (χ2n) is 4.84. The van der Waals surface area contributed by atoms with E-state index in [0.717, 1.165) is 4.90 Å². The van der Waals surface area contributed by atoms with Gasteiger partial charge in [-0.25, -0.2) is 15.0 Å². The summed E-state index contributed by atoms with van der Waals surface area (Å²) in [5, 5.41) is 0.529. The number of nitrogens with one attached hydrogen (secondary N) is 2. The van der Waals surface area contributed by atoms with E-state index in [1.54, 1.807) is 6.92 Å². The molecule has 0 saturated carbocycles. The molecule has 0 radical (unpaired) electrons. The predicted molar refractivity (Wildman–Crippen MR) is 78.8 cm³/mol. The van der Waals surface area contributed by atoms with Crippen LogP contribution < -0.4 is 10.9 Å². The quantitative estimate of drug-likeness (QED) is 0.292. The molecule has 0 aromatic rings. The summed E-state index contributed by atoms with van der Waals surface area (Å²) in [6, 6.07) is -2.36. The van der Waals surface area contributed by atoms with Crippen LogP contribution in [0.3, 0.4) is 0 Å². The van der Waals surface area contributed by atoms with E-state index in [1.807, 2.05) is 5.43 Å². The van der Waals surface area contributed by atoms with E-state index in [-0.39, 0.29) is 55.6 Å². The van der Waals surface area contributed by atoms with E-state index in [2.05, 4.69) is 14.4 Å². The Labute approximate surface area is 160 Å². The van der Waals surface area contributed by atoms with Gasteiger partial charge in [0.1, 0.15) is 6.04 Å². The van der Waals surface area contributed by atoms with Crippen molar-refractivity contribution < 1.29 is 36.4 Å². The number of urea groups is 1. The SMILES string of the molecule is CCOC(=O)NNC(=O)[C@@H]1CC[C@@H]2CN1C(=O)N2OS(=O)(=O)O.[NaH]. The van der Waals surface area contributed by atoms with Crippen molar-refractivity contribution in [1.82, 2.24) is 20.8 Å². The Balaban J connectivity index is 0.00000288. The van der Waals surface area contributed by atoms with Crippen molar-refractivity contribution in [3.8, 4) is 0 Å². The number of carbonyl (C=O) groups excluding carboxylic acids is 3. The van der Waals surface area contributed by atoms with Gasteiger partial charge in [-0.3, -0.25) is 14.8 Å². The third-order valence-corrected chi connectivity index (χ3v) is 3.71. The zero-order valence-corrected chi connectivity index (χ0v) is 12.9. The van der Waals surface area contributed by atoms with Crippen molar-refractivity contribution >= 4 is 58.0 Å². The number of nitrogens with zero attached hydrogens (tertiary/aromatic N) is 2. The van der Waals surface area contributed by atoms with Gasteiger partial charge in [-0.2, -0.15) is 13.5 Å². The Morgan fingerprint density at radius 1 is 1.33 bits per heavy atom. The number of piperidine rings is 1. The Morgan fingerprint density at radius 2 is 2.00 bits per heavy atom. The molecule has 2 fully saturated rings. The average Bonchev–Trinajstić information content (AvgIpc) is 2.69. The van der Waals surface area contributed by atoms with Gasteiger partial charge < -0.3 is 9.64 Å². The molecule has 2 heterocycles. The Kier molecular flexibility index (Phi) is 7.25. The molecule has 2 saturated heterocycles. The van der Waals surface area contributed by atoms with Gasteiger partial charge in [-0.05, 0) is 19.8 Å². The number of carbonyl (C=O) groups is 3. The van der Waals surface area contributed by atoms with Crippen LogP contribution in [0.15, 0.2) is 0 Å². The molecule has 2 atom stereocenters. The number of hydrogen-bond acceptors (Lipinski definition) is 7. The summed E-state index contributed by atoms with van der Waals surface area (Å²) in [5.74, 6) is -0.654. The Hall–Kier alpha value is -1.12. The minimum absolute atomic E-state index is 0. The number of ether oxygens (including phenoxy) is 1. The van der Waals surface area contributed by atoms with Crippen molar-refractivity contribution in [2.24, 2.45) is 0 Å². The fraction of sp³-hybridized carbons (Fsp3) is 0.700. The van der Waals surface area contributed by atoms with E-state index in [1.165, 1.54) is 0 Å². The molecule has 0 aliphatic carbocycles. The maximum absolute atomic E-state index is 12.1. The molecule has 4 amide bonds. The van der Waals surface area contributed by atoms with Crippen LogP contribution >= 0.6 is 0 Å². The number of hydroxylamine groups is 2. The summed E-state index contributed by atoms with van der Waals surface area (Å²) in [6.45, 7) is 1.78. The first-order valence-electron chi connectivity index (χ1n) is 6.72. The van der Waals surface area contributed by atoms with Gasteiger partial charge in [0.15, 0.2) is 0 Å². The zero-order valence-electron chi connectivity index (χ0n) is 12.1. The van der Waals surface area contributed by atoms with Crippen molar-refractivity contribution in [2.75, 3.05) is 13.2 Å². The number of amides is 4. The number of rotatable bonds is 4. The summed E-state index contributed by atoms with van der Waals surface area (Å²) in [6.07, 6.45) is -0.327. The summed E-state index contributed by atoms with van der Waals surface area (Å²) in [7, 11) is -4.84. The van der Waals surface area contributed by atoms with Crippen molar-refractivity contribution in [3.05, 3.63) is 0 Å². The molecule has 2 aliphatic rings. The van der Waals surface area contributed by atoms with Crippen LogP contribution in [0.2, 0.25) is 0 Å². The van der Waals surface area contributed by atoms with E-state index in [9.17, 15) is 22.8 Å². The molecular weight excluding hydrogens is 359 g/mol. The van der Waals surface area contributed by atoms with Gasteiger partial charge >= 0.3 is 52.1 Å². The van der Waals surface area contributed by atoms with Gasteiger partial charge in [-0.1, -0.05) is 0 Å². The molecule has 3 N–H and O–H groups in total. The van der Waals surface area contributed by atoms with Gasteiger partial charge in [-0.15, -0.1) is 4.28 Å². The summed E-state index contributed by atoms with van der Waals surface area (Å²) >= 11 is 0. The topological polar surface area (TPSA) is 155 Å². The van der Waals surface area contributed by atoms with Crippen molar-refractivity contribution in [2.45, 2.75) is 31.8 Å². The minimum atomic E-state index is -4.84. The fourth-order valence-electron chi connectivity index (χ4n) is 2.47. The summed E-state index contributed by atoms with van der Waals surface area (Å²) in [5.41, 5.74) is 4.14. The molecule has 24 heavy (non-hydrogen) atoms. The van der Waals surface area contributed by atoms with E-state index in [4.69, 9.17) is 4.55 Å². The molecular formula is C10H17N4NaO8S. The first-order chi connectivity index (χ1) is 10.7. The molecule has 2 aliphatic heterocycles. The van der Waals surface area contributed by atoms with Crippen molar-refractivity contribution in [3.63, 3.8) is 0 Å². The molecule has 0 aromatic carbocycles. The Morgan fingerprint density at radius 3 is 2.58 bits per heavy atom. The van der Waals surface area contributed by atoms with E-state index >= 15 is 0 Å². The fourth-order valence-corrected chi connectivity index (χ4v) is 2.86. The molecule has 0 aromatic heterocycles. The first kappa shape index (κ1) is 20.9. The standard InChI is InChI=1S/C10H16N4O8S.Na.H/c1-2-21-9(16)12-11-8(15)7-4-3-6-5-13(7)10(17)14(6)22-23(18,19)20;;/h6-7H,2-5H2,1H3,(H,11,15)(H,12,16)(H,18,19,20);;/t6-,7+;;/m1../s1. The molecule has 2 rings (SSSR count). The second-order valence-corrected chi connectivity index (χ2v) is 5.85. The third kappa shape index (κ3) is 4.94. The zero-order chi connectivity index (χ0) is 17.2. The molecule has 12 nitrogen and oxygen atoms in total. The molecule has 14 heteroatoms. The number of hydrazine groups is 1. The van der Waals surface area contributed by atoms with Crippen LogP contribution in [0.1, 0.15) is 19.8 Å². The predicted octanol–water partition coefficient (Wildman–Crippen LogP) is -1.88. The second kappa shape index (κ2) is 8.31. The Bertz CT molecular complexity index is 614. The van der Waals surface area contributed by atoms with Crippen LogP contribution in [0.4, 0.5) is 9.59 Å². The van der Waals surface area contributed by atoms with Gasteiger partial charge in [0, 0.05) is 6.54 Å². The van der Waals surface area contributed by atoms with E-state index in [0.29, 0.717) is 5.06 Å². The molecule has 2 bridgehead atoms. The normalized spacial score (nSPS) is 22.7. The van der Waals surface area contributed by atoms with Crippen LogP contribution in [0, 0.1) is 0 Å². The molecule has 0 spiro atoms. The van der Waals surface area contributed by atoms with Crippen LogP contribution in [-0.2, 0) is 24.2 Å².